The van der Waals surface area contributed by atoms with Crippen molar-refractivity contribution in [3.05, 3.63) is 50.6 Å². The van der Waals surface area contributed by atoms with E-state index in [1.807, 2.05) is 11.4 Å². The van der Waals surface area contributed by atoms with Gasteiger partial charge >= 0.3 is 0 Å². The quantitative estimate of drug-likeness (QED) is 0.859. The van der Waals surface area contributed by atoms with Crippen LogP contribution in [0.5, 0.6) is 0 Å². The molecule has 0 aliphatic rings. The van der Waals surface area contributed by atoms with E-state index in [1.165, 1.54) is 17.4 Å². The van der Waals surface area contributed by atoms with Crippen molar-refractivity contribution in [3.8, 4) is 0 Å². The molecule has 0 saturated heterocycles. The highest BCUT2D eigenvalue weighted by molar-refractivity contribution is 9.10. The molecular weight excluding hydrogens is 350 g/mol. The lowest BCUT2D eigenvalue weighted by Crippen LogP contribution is -2.24. The SMILES string of the molecule is O=S(=O)(NCc1cc(Br)cs1)c1ccccc1CO. The van der Waals surface area contributed by atoms with E-state index >= 15 is 0 Å². The van der Waals surface area contributed by atoms with E-state index in [9.17, 15) is 13.5 Å². The second-order valence-electron chi connectivity index (χ2n) is 3.82. The van der Waals surface area contributed by atoms with E-state index in [1.54, 1.807) is 18.2 Å². The molecule has 2 aromatic rings. The Bertz CT molecular complexity index is 667. The number of hydrogen-bond donors (Lipinski definition) is 2. The number of hydrogen-bond acceptors (Lipinski definition) is 4. The number of aliphatic hydroxyl groups is 1. The summed E-state index contributed by atoms with van der Waals surface area (Å²) in [6, 6.07) is 8.27. The average molecular weight is 362 g/mol. The molecular formula is C12H12BrNO3S2. The van der Waals surface area contributed by atoms with Crippen LogP contribution in [0.1, 0.15) is 10.4 Å². The van der Waals surface area contributed by atoms with Gasteiger partial charge in [0.25, 0.3) is 0 Å². The molecule has 2 N–H and O–H groups in total. The lowest BCUT2D eigenvalue weighted by Gasteiger charge is -2.09. The molecule has 1 aromatic heterocycles. The number of aliphatic hydroxyl groups excluding tert-OH is 1. The Morgan fingerprint density at radius 2 is 2.05 bits per heavy atom. The van der Waals surface area contributed by atoms with Gasteiger partial charge in [-0.15, -0.1) is 11.3 Å². The third-order valence-corrected chi connectivity index (χ3v) is 5.69. The molecule has 4 nitrogen and oxygen atoms in total. The molecule has 19 heavy (non-hydrogen) atoms. The van der Waals surface area contributed by atoms with Crippen LogP contribution in [0, 0.1) is 0 Å². The standard InChI is InChI=1S/C12H12BrNO3S2/c13-10-5-11(18-8-10)6-14-19(16,17)12-4-2-1-3-9(12)7-15/h1-5,8,14-15H,6-7H2. The van der Waals surface area contributed by atoms with Gasteiger partial charge in [0.15, 0.2) is 0 Å². The van der Waals surface area contributed by atoms with Gasteiger partial charge in [-0.1, -0.05) is 18.2 Å². The van der Waals surface area contributed by atoms with Crippen molar-refractivity contribution in [2.75, 3.05) is 0 Å². The van der Waals surface area contributed by atoms with Crippen LogP contribution in [-0.4, -0.2) is 13.5 Å². The lowest BCUT2D eigenvalue weighted by molar-refractivity contribution is 0.278. The second-order valence-corrected chi connectivity index (χ2v) is 7.47. The Kier molecular flexibility index (Phi) is 4.75. The fraction of sp³-hybridized carbons (Fsp3) is 0.167. The summed E-state index contributed by atoms with van der Waals surface area (Å²) >= 11 is 4.79. The predicted molar refractivity (Wildman–Crippen MR) is 78.4 cm³/mol. The van der Waals surface area contributed by atoms with Gasteiger partial charge < -0.3 is 5.11 Å². The smallest absolute Gasteiger partial charge is 0.241 e. The first-order chi connectivity index (χ1) is 9.03. The van der Waals surface area contributed by atoms with Gasteiger partial charge in [0.1, 0.15) is 0 Å². The van der Waals surface area contributed by atoms with Crippen molar-refractivity contribution >= 4 is 37.3 Å². The Morgan fingerprint density at radius 3 is 2.68 bits per heavy atom. The van der Waals surface area contributed by atoms with Crippen LogP contribution in [0.2, 0.25) is 0 Å². The van der Waals surface area contributed by atoms with Gasteiger partial charge in [-0.05, 0) is 33.6 Å². The monoisotopic (exact) mass is 361 g/mol. The van der Waals surface area contributed by atoms with Crippen LogP contribution in [0.15, 0.2) is 45.1 Å². The highest BCUT2D eigenvalue weighted by Crippen LogP contribution is 2.21. The van der Waals surface area contributed by atoms with Gasteiger partial charge in [0, 0.05) is 21.3 Å². The summed E-state index contributed by atoms with van der Waals surface area (Å²) in [4.78, 5) is 1.03. The lowest BCUT2D eigenvalue weighted by atomic mass is 10.2. The molecule has 0 saturated carbocycles. The second kappa shape index (κ2) is 6.15. The molecule has 0 fully saturated rings. The summed E-state index contributed by atoms with van der Waals surface area (Å²) in [5, 5.41) is 11.1. The van der Waals surface area contributed by atoms with Gasteiger partial charge in [0.2, 0.25) is 10.0 Å². The normalized spacial score (nSPS) is 11.7. The van der Waals surface area contributed by atoms with E-state index in [0.717, 1.165) is 9.35 Å². The minimum atomic E-state index is -3.61. The van der Waals surface area contributed by atoms with Crippen LogP contribution < -0.4 is 4.72 Å². The van der Waals surface area contributed by atoms with Crippen molar-refractivity contribution in [3.63, 3.8) is 0 Å². The van der Waals surface area contributed by atoms with E-state index in [-0.39, 0.29) is 18.0 Å². The minimum absolute atomic E-state index is 0.119. The third-order valence-electron chi connectivity index (χ3n) is 2.49. The average Bonchev–Trinajstić information content (AvgIpc) is 2.82. The van der Waals surface area contributed by atoms with E-state index in [4.69, 9.17) is 0 Å². The van der Waals surface area contributed by atoms with Gasteiger partial charge in [-0.2, -0.15) is 0 Å². The molecule has 1 heterocycles. The van der Waals surface area contributed by atoms with Crippen LogP contribution in [0.4, 0.5) is 0 Å². The van der Waals surface area contributed by atoms with Crippen molar-refractivity contribution in [1.29, 1.82) is 0 Å². The number of benzene rings is 1. The molecule has 7 heteroatoms. The molecule has 2 rings (SSSR count). The predicted octanol–water partition coefficient (Wildman–Crippen LogP) is 2.48. The fourth-order valence-corrected chi connectivity index (χ4v) is 4.31. The molecule has 0 aliphatic carbocycles. The summed E-state index contributed by atoms with van der Waals surface area (Å²) in [6.45, 7) is -0.0694. The third kappa shape index (κ3) is 3.64. The maximum absolute atomic E-state index is 12.2. The first-order valence-electron chi connectivity index (χ1n) is 5.44. The number of halogens is 1. The van der Waals surface area contributed by atoms with Crippen LogP contribution in [0.3, 0.4) is 0 Å². The van der Waals surface area contributed by atoms with Crippen LogP contribution in [-0.2, 0) is 23.2 Å². The molecule has 0 atom stereocenters. The summed E-state index contributed by atoms with van der Waals surface area (Å²) in [5.74, 6) is 0. The van der Waals surface area contributed by atoms with Crippen molar-refractivity contribution in [2.24, 2.45) is 0 Å². The van der Waals surface area contributed by atoms with E-state index in [0.29, 0.717) is 5.56 Å². The maximum Gasteiger partial charge on any atom is 0.241 e. The molecule has 102 valence electrons. The molecule has 0 aliphatic heterocycles. The zero-order valence-corrected chi connectivity index (χ0v) is 13.1. The number of sulfonamides is 1. The summed E-state index contributed by atoms with van der Waals surface area (Å²) in [5.41, 5.74) is 0.391. The zero-order chi connectivity index (χ0) is 13.9. The van der Waals surface area contributed by atoms with Crippen molar-refractivity contribution < 1.29 is 13.5 Å². The highest BCUT2D eigenvalue weighted by Gasteiger charge is 2.17. The van der Waals surface area contributed by atoms with Gasteiger partial charge in [0.05, 0.1) is 11.5 Å². The molecule has 0 unspecified atom stereocenters. The minimum Gasteiger partial charge on any atom is -0.392 e. The molecule has 0 bridgehead atoms. The first-order valence-corrected chi connectivity index (χ1v) is 8.60. The fourth-order valence-electron chi connectivity index (χ4n) is 1.59. The number of nitrogens with one attached hydrogen (secondary N) is 1. The number of thiophene rings is 1. The summed E-state index contributed by atoms with van der Waals surface area (Å²) < 4.78 is 27.8. The Hall–Kier alpha value is -0.730. The Labute approximate surface area is 124 Å². The van der Waals surface area contributed by atoms with Crippen molar-refractivity contribution in [2.45, 2.75) is 18.0 Å². The van der Waals surface area contributed by atoms with Gasteiger partial charge in [-0.3, -0.25) is 0 Å². The molecule has 0 spiro atoms. The Morgan fingerprint density at radius 1 is 1.32 bits per heavy atom. The summed E-state index contributed by atoms with van der Waals surface area (Å²) in [7, 11) is -3.61. The largest absolute Gasteiger partial charge is 0.392 e. The number of rotatable bonds is 5. The van der Waals surface area contributed by atoms with Gasteiger partial charge in [-0.25, -0.2) is 13.1 Å². The maximum atomic E-state index is 12.2. The van der Waals surface area contributed by atoms with E-state index < -0.39 is 10.0 Å². The highest BCUT2D eigenvalue weighted by atomic mass is 79.9. The molecule has 0 amide bonds. The molecule has 1 aromatic carbocycles. The zero-order valence-electron chi connectivity index (χ0n) is 9.84. The topological polar surface area (TPSA) is 66.4 Å². The molecule has 0 radical (unpaired) electrons. The summed E-state index contributed by atoms with van der Waals surface area (Å²) in [6.07, 6.45) is 0. The van der Waals surface area contributed by atoms with Crippen LogP contribution >= 0.6 is 27.3 Å². The van der Waals surface area contributed by atoms with Crippen molar-refractivity contribution in [1.82, 2.24) is 4.72 Å². The Balaban J connectivity index is 2.18. The first kappa shape index (κ1) is 14.7. The van der Waals surface area contributed by atoms with E-state index in [2.05, 4.69) is 20.7 Å². The van der Waals surface area contributed by atoms with Crippen LogP contribution in [0.25, 0.3) is 0 Å².